The van der Waals surface area contributed by atoms with Gasteiger partial charge in [-0.2, -0.15) is 0 Å². The second-order valence-electron chi connectivity index (χ2n) is 7.72. The molecule has 10 heteroatoms. The molecule has 2 aromatic rings. The highest BCUT2D eigenvalue weighted by Gasteiger charge is 2.38. The van der Waals surface area contributed by atoms with Crippen molar-refractivity contribution in [1.29, 1.82) is 0 Å². The molecule has 0 atom stereocenters. The summed E-state index contributed by atoms with van der Waals surface area (Å²) in [6.45, 7) is 5.18. The fourth-order valence-electron chi connectivity index (χ4n) is 4.14. The summed E-state index contributed by atoms with van der Waals surface area (Å²) in [5.41, 5.74) is 6.39. The Balaban J connectivity index is 1.29. The van der Waals surface area contributed by atoms with Gasteiger partial charge in [-0.05, 0) is 31.2 Å². The van der Waals surface area contributed by atoms with Crippen LogP contribution in [0.4, 0.5) is 21.7 Å². The number of nitrogens with two attached hydrogens (primary N) is 1. The van der Waals surface area contributed by atoms with E-state index >= 15 is 0 Å². The number of piperazine rings is 1. The van der Waals surface area contributed by atoms with E-state index in [4.69, 9.17) is 15.2 Å². The Morgan fingerprint density at radius 1 is 1.10 bits per heavy atom. The van der Waals surface area contributed by atoms with Crippen LogP contribution in [0.2, 0.25) is 0 Å². The van der Waals surface area contributed by atoms with E-state index < -0.39 is 10.7 Å². The second-order valence-corrected chi connectivity index (χ2v) is 7.72. The first-order valence-electron chi connectivity index (χ1n) is 10.4. The van der Waals surface area contributed by atoms with Gasteiger partial charge < -0.3 is 20.1 Å². The maximum Gasteiger partial charge on any atom is 0.311 e. The van der Waals surface area contributed by atoms with Crippen LogP contribution in [0, 0.1) is 15.9 Å². The molecule has 2 saturated heterocycles. The molecule has 2 N–H and O–H groups in total. The zero-order valence-electron chi connectivity index (χ0n) is 17.2. The number of anilines is 2. The number of hydrogen-bond donors (Lipinski definition) is 1. The van der Waals surface area contributed by atoms with Crippen molar-refractivity contribution >= 4 is 17.3 Å². The lowest BCUT2D eigenvalue weighted by Gasteiger charge is -2.36. The number of aromatic nitrogens is 1. The molecule has 31 heavy (non-hydrogen) atoms. The number of hydrogen-bond acceptors (Lipinski definition) is 8. The number of nitrogen functional groups attached to an aromatic ring is 1. The highest BCUT2D eigenvalue weighted by molar-refractivity contribution is 5.58. The van der Waals surface area contributed by atoms with Crippen LogP contribution in [0.3, 0.4) is 0 Å². The van der Waals surface area contributed by atoms with E-state index in [2.05, 4.69) is 14.8 Å². The van der Waals surface area contributed by atoms with Crippen LogP contribution in [0.25, 0.3) is 0 Å². The number of benzene rings is 1. The number of nitrogens with zero attached hydrogens (tertiary/aromatic N) is 4. The highest BCUT2D eigenvalue weighted by atomic mass is 19.1. The average Bonchev–Trinajstić information content (AvgIpc) is 3.24. The number of halogens is 1. The molecule has 3 heterocycles. The van der Waals surface area contributed by atoms with Gasteiger partial charge in [-0.15, -0.1) is 0 Å². The van der Waals surface area contributed by atoms with Crippen LogP contribution in [0.1, 0.15) is 18.4 Å². The Labute approximate surface area is 179 Å². The zero-order chi connectivity index (χ0) is 21.8. The maximum atomic E-state index is 13.3. The van der Waals surface area contributed by atoms with Gasteiger partial charge >= 0.3 is 5.69 Å². The molecule has 0 spiro atoms. The molecule has 0 radical (unpaired) electrons. The quantitative estimate of drug-likeness (QED) is 0.526. The molecule has 2 fully saturated rings. The number of rotatable bonds is 7. The van der Waals surface area contributed by atoms with Crippen LogP contribution in [-0.2, 0) is 15.3 Å². The monoisotopic (exact) mass is 431 g/mol. The third kappa shape index (κ3) is 4.76. The average molecular weight is 431 g/mol. The highest BCUT2D eigenvalue weighted by Crippen LogP contribution is 2.36. The topological polar surface area (TPSA) is 107 Å². The Morgan fingerprint density at radius 3 is 2.39 bits per heavy atom. The van der Waals surface area contributed by atoms with E-state index in [1.54, 1.807) is 18.2 Å². The van der Waals surface area contributed by atoms with Gasteiger partial charge in [-0.25, -0.2) is 9.37 Å². The number of nitro groups is 1. The van der Waals surface area contributed by atoms with E-state index in [0.717, 1.165) is 44.7 Å². The normalized spacial score (nSPS) is 18.9. The molecule has 0 amide bonds. The summed E-state index contributed by atoms with van der Waals surface area (Å²) in [6.07, 6.45) is 1.57. The van der Waals surface area contributed by atoms with Crippen molar-refractivity contribution in [3.05, 3.63) is 57.9 Å². The fraction of sp³-hybridized carbons (Fsp3) is 0.476. The van der Waals surface area contributed by atoms with E-state index in [1.165, 1.54) is 18.2 Å². The van der Waals surface area contributed by atoms with E-state index in [-0.39, 0.29) is 17.3 Å². The summed E-state index contributed by atoms with van der Waals surface area (Å²) in [5, 5.41) is 10.9. The summed E-state index contributed by atoms with van der Waals surface area (Å²) in [7, 11) is 0. The Morgan fingerprint density at radius 2 is 1.77 bits per heavy atom. The standard InChI is InChI=1S/C21H26FN5O4/c22-17-4-2-16(3-5-17)21(30-14-15-31-21)8-1-9-25-10-12-26(13-11-25)19-7-6-18(27(28)29)20(23)24-19/h2-7H,1,8-15H2,(H2,23,24). The molecule has 0 unspecified atom stereocenters. The number of ether oxygens (including phenoxy) is 2. The second kappa shape index (κ2) is 9.13. The fourth-order valence-corrected chi connectivity index (χ4v) is 4.14. The first-order valence-corrected chi connectivity index (χ1v) is 10.4. The van der Waals surface area contributed by atoms with Crippen molar-refractivity contribution < 1.29 is 18.8 Å². The van der Waals surface area contributed by atoms with Crippen molar-refractivity contribution in [1.82, 2.24) is 9.88 Å². The number of pyridine rings is 1. The van der Waals surface area contributed by atoms with Gasteiger partial charge in [0.05, 0.1) is 18.1 Å². The molecule has 9 nitrogen and oxygen atoms in total. The molecule has 2 aliphatic rings. The Bertz CT molecular complexity index is 912. The van der Waals surface area contributed by atoms with Crippen LogP contribution < -0.4 is 10.6 Å². The molecule has 0 bridgehead atoms. The molecule has 166 valence electrons. The lowest BCUT2D eigenvalue weighted by molar-refractivity contribution is -0.384. The maximum absolute atomic E-state index is 13.3. The summed E-state index contributed by atoms with van der Waals surface area (Å²) in [4.78, 5) is 19.0. The SMILES string of the molecule is Nc1nc(N2CCN(CCCC3(c4ccc(F)cc4)OCCO3)CC2)ccc1[N+](=O)[O-]. The van der Waals surface area contributed by atoms with Gasteiger partial charge in [-0.1, -0.05) is 12.1 Å². The van der Waals surface area contributed by atoms with Crippen molar-refractivity contribution in [2.75, 3.05) is 56.6 Å². The first-order chi connectivity index (χ1) is 15.0. The van der Waals surface area contributed by atoms with Gasteiger partial charge in [0.1, 0.15) is 11.6 Å². The Hall–Kier alpha value is -2.82. The third-order valence-electron chi connectivity index (χ3n) is 5.80. The van der Waals surface area contributed by atoms with Gasteiger partial charge in [0.25, 0.3) is 0 Å². The van der Waals surface area contributed by atoms with Crippen LogP contribution >= 0.6 is 0 Å². The van der Waals surface area contributed by atoms with Crippen molar-refractivity contribution in [3.8, 4) is 0 Å². The van der Waals surface area contributed by atoms with Crippen molar-refractivity contribution in [3.63, 3.8) is 0 Å². The molecular formula is C21H26FN5O4. The van der Waals surface area contributed by atoms with Crippen molar-refractivity contribution in [2.45, 2.75) is 18.6 Å². The summed E-state index contributed by atoms with van der Waals surface area (Å²) >= 11 is 0. The molecule has 0 aliphatic carbocycles. The lowest BCUT2D eigenvalue weighted by Crippen LogP contribution is -2.47. The molecule has 4 rings (SSSR count). The summed E-state index contributed by atoms with van der Waals surface area (Å²) in [5.74, 6) is -0.479. The molecule has 2 aliphatic heterocycles. The van der Waals surface area contributed by atoms with E-state index in [0.29, 0.717) is 25.5 Å². The minimum Gasteiger partial charge on any atom is -0.378 e. The molecular weight excluding hydrogens is 405 g/mol. The molecule has 1 aromatic heterocycles. The van der Waals surface area contributed by atoms with Gasteiger partial charge in [-0.3, -0.25) is 15.0 Å². The van der Waals surface area contributed by atoms with Gasteiger partial charge in [0.15, 0.2) is 5.79 Å². The lowest BCUT2D eigenvalue weighted by atomic mass is 10.00. The summed E-state index contributed by atoms with van der Waals surface area (Å²) in [6, 6.07) is 9.36. The predicted octanol–water partition coefficient (Wildman–Crippen LogP) is 2.51. The van der Waals surface area contributed by atoms with E-state index in [9.17, 15) is 14.5 Å². The van der Waals surface area contributed by atoms with Gasteiger partial charge in [0, 0.05) is 44.2 Å². The van der Waals surface area contributed by atoms with Crippen LogP contribution in [-0.4, -0.2) is 60.7 Å². The molecule has 0 saturated carbocycles. The molecule has 1 aromatic carbocycles. The van der Waals surface area contributed by atoms with Crippen LogP contribution in [0.5, 0.6) is 0 Å². The van der Waals surface area contributed by atoms with Crippen LogP contribution in [0.15, 0.2) is 36.4 Å². The Kier molecular flexibility index (Phi) is 6.30. The smallest absolute Gasteiger partial charge is 0.311 e. The minimum absolute atomic E-state index is 0.0624. The largest absolute Gasteiger partial charge is 0.378 e. The minimum atomic E-state index is -0.796. The van der Waals surface area contributed by atoms with Gasteiger partial charge in [0.2, 0.25) is 5.82 Å². The van der Waals surface area contributed by atoms with Crippen molar-refractivity contribution in [2.24, 2.45) is 0 Å². The summed E-state index contributed by atoms with van der Waals surface area (Å²) < 4.78 is 25.1. The third-order valence-corrected chi connectivity index (χ3v) is 5.80. The zero-order valence-corrected chi connectivity index (χ0v) is 17.2. The predicted molar refractivity (Wildman–Crippen MR) is 113 cm³/mol. The van der Waals surface area contributed by atoms with E-state index in [1.807, 2.05) is 0 Å². The first kappa shape index (κ1) is 21.4.